The van der Waals surface area contributed by atoms with Crippen LogP contribution < -0.4 is 0 Å². The maximum Gasteiger partial charge on any atom is 0.0780 e. The molecule has 0 unspecified atom stereocenters. The number of nitrogens with zero attached hydrogens (tertiary/aromatic N) is 1. The van der Waals surface area contributed by atoms with E-state index in [1.807, 2.05) is 0 Å². The van der Waals surface area contributed by atoms with E-state index in [9.17, 15) is 0 Å². The molecule has 0 saturated heterocycles. The second-order valence-corrected chi connectivity index (χ2v) is 5.96. The molecule has 0 aliphatic carbocycles. The van der Waals surface area contributed by atoms with Crippen LogP contribution in [0.15, 0.2) is 0 Å². The summed E-state index contributed by atoms with van der Waals surface area (Å²) in [6.07, 6.45) is 8.54. The van der Waals surface area contributed by atoms with Gasteiger partial charge in [0.2, 0.25) is 0 Å². The highest BCUT2D eigenvalue weighted by atomic mass is 15.3. The first kappa shape index (κ1) is 14.0. The monoisotopic (exact) mass is 200 g/mol. The highest BCUT2D eigenvalue weighted by Crippen LogP contribution is 2.10. The third-order valence-corrected chi connectivity index (χ3v) is 2.61. The highest BCUT2D eigenvalue weighted by Gasteiger charge is 2.04. The van der Waals surface area contributed by atoms with Crippen molar-refractivity contribution in [3.8, 4) is 0 Å². The molecule has 1 nitrogen and oxygen atoms in total. The Morgan fingerprint density at radius 1 is 0.786 bits per heavy atom. The first-order chi connectivity index (χ1) is 6.42. The lowest BCUT2D eigenvalue weighted by molar-refractivity contribution is -0.870. The van der Waals surface area contributed by atoms with E-state index in [0.29, 0.717) is 0 Å². The van der Waals surface area contributed by atoms with Crippen molar-refractivity contribution in [1.82, 2.24) is 0 Å². The molecule has 14 heavy (non-hydrogen) atoms. The molecule has 0 atom stereocenters. The molecule has 0 fully saturated rings. The Labute approximate surface area is 91.1 Å². The number of rotatable bonds is 8. The fourth-order valence-electron chi connectivity index (χ4n) is 1.67. The van der Waals surface area contributed by atoms with Gasteiger partial charge in [0.1, 0.15) is 0 Å². The van der Waals surface area contributed by atoms with Gasteiger partial charge in [-0.25, -0.2) is 0 Å². The standard InChI is InChI=1S/C13H30N/c1-13(2)11-9-7-6-8-10-12-14(3,4)5/h13H,6-12H2,1-5H3/q+1. The van der Waals surface area contributed by atoms with Gasteiger partial charge in [0.05, 0.1) is 27.7 Å². The van der Waals surface area contributed by atoms with E-state index >= 15 is 0 Å². The van der Waals surface area contributed by atoms with Crippen molar-refractivity contribution < 1.29 is 4.48 Å². The average Bonchev–Trinajstić information content (AvgIpc) is 2.00. The van der Waals surface area contributed by atoms with Gasteiger partial charge >= 0.3 is 0 Å². The van der Waals surface area contributed by atoms with E-state index in [-0.39, 0.29) is 0 Å². The molecule has 0 aliphatic rings. The van der Waals surface area contributed by atoms with Crippen LogP contribution in [0.2, 0.25) is 0 Å². The molecule has 0 heterocycles. The second kappa shape index (κ2) is 7.28. The zero-order valence-corrected chi connectivity index (χ0v) is 11.0. The van der Waals surface area contributed by atoms with E-state index in [4.69, 9.17) is 0 Å². The summed E-state index contributed by atoms with van der Waals surface area (Å²) < 4.78 is 1.12. The molecule has 0 aromatic heterocycles. The molecule has 0 spiro atoms. The first-order valence-electron chi connectivity index (χ1n) is 6.22. The van der Waals surface area contributed by atoms with Gasteiger partial charge in [0, 0.05) is 0 Å². The van der Waals surface area contributed by atoms with Crippen molar-refractivity contribution in [2.75, 3.05) is 27.7 Å². The molecule has 0 N–H and O–H groups in total. The van der Waals surface area contributed by atoms with Crippen LogP contribution in [0.1, 0.15) is 52.4 Å². The van der Waals surface area contributed by atoms with Crippen LogP contribution >= 0.6 is 0 Å². The minimum Gasteiger partial charge on any atom is -0.331 e. The maximum atomic E-state index is 2.32. The van der Waals surface area contributed by atoms with E-state index < -0.39 is 0 Å². The maximum absolute atomic E-state index is 2.32. The Hall–Kier alpha value is -0.0400. The van der Waals surface area contributed by atoms with Crippen molar-refractivity contribution in [2.24, 2.45) is 5.92 Å². The molecule has 0 amide bonds. The lowest BCUT2D eigenvalue weighted by Gasteiger charge is -2.23. The van der Waals surface area contributed by atoms with Crippen molar-refractivity contribution in [3.63, 3.8) is 0 Å². The third-order valence-electron chi connectivity index (χ3n) is 2.61. The Bertz CT molecular complexity index is 122. The minimum absolute atomic E-state index is 0.890. The Morgan fingerprint density at radius 3 is 1.79 bits per heavy atom. The van der Waals surface area contributed by atoms with E-state index in [2.05, 4.69) is 35.0 Å². The number of hydrogen-bond donors (Lipinski definition) is 0. The number of quaternary nitrogens is 1. The summed E-state index contributed by atoms with van der Waals surface area (Å²) in [5.41, 5.74) is 0. The van der Waals surface area contributed by atoms with Crippen LogP contribution in [0, 0.1) is 5.92 Å². The average molecular weight is 200 g/mol. The molecule has 0 bridgehead atoms. The molecular weight excluding hydrogens is 170 g/mol. The van der Waals surface area contributed by atoms with Crippen LogP contribution in [-0.2, 0) is 0 Å². The van der Waals surface area contributed by atoms with Gasteiger partial charge in [-0.2, -0.15) is 0 Å². The molecule has 1 heteroatoms. The molecule has 0 aromatic carbocycles. The summed E-state index contributed by atoms with van der Waals surface area (Å²) in [7, 11) is 6.83. The quantitative estimate of drug-likeness (QED) is 0.414. The van der Waals surface area contributed by atoms with Gasteiger partial charge in [-0.05, 0) is 18.8 Å². The van der Waals surface area contributed by atoms with Crippen LogP contribution in [-0.4, -0.2) is 32.2 Å². The molecule has 86 valence electrons. The van der Waals surface area contributed by atoms with Crippen molar-refractivity contribution in [1.29, 1.82) is 0 Å². The Balaban J connectivity index is 3.07. The lowest BCUT2D eigenvalue weighted by atomic mass is 10.0. The molecule has 0 rings (SSSR count). The Kier molecular flexibility index (Phi) is 7.26. The third kappa shape index (κ3) is 12.0. The highest BCUT2D eigenvalue weighted by molar-refractivity contribution is 4.48. The topological polar surface area (TPSA) is 0 Å². The summed E-state index contributed by atoms with van der Waals surface area (Å²) in [5.74, 6) is 0.890. The van der Waals surface area contributed by atoms with Gasteiger partial charge in [-0.3, -0.25) is 0 Å². The van der Waals surface area contributed by atoms with Gasteiger partial charge in [0.15, 0.2) is 0 Å². The van der Waals surface area contributed by atoms with Gasteiger partial charge in [-0.15, -0.1) is 0 Å². The molecule has 0 radical (unpaired) electrons. The molecular formula is C13H30N+. The van der Waals surface area contributed by atoms with Gasteiger partial charge in [0.25, 0.3) is 0 Å². The van der Waals surface area contributed by atoms with Crippen LogP contribution in [0.4, 0.5) is 0 Å². The molecule has 0 saturated carbocycles. The zero-order valence-electron chi connectivity index (χ0n) is 11.0. The predicted molar refractivity (Wildman–Crippen MR) is 65.4 cm³/mol. The number of hydrogen-bond acceptors (Lipinski definition) is 0. The predicted octanol–water partition coefficient (Wildman–Crippen LogP) is 3.69. The largest absolute Gasteiger partial charge is 0.331 e. The van der Waals surface area contributed by atoms with Crippen molar-refractivity contribution in [3.05, 3.63) is 0 Å². The smallest absolute Gasteiger partial charge is 0.0780 e. The fraction of sp³-hybridized carbons (Fsp3) is 1.00. The van der Waals surface area contributed by atoms with Gasteiger partial charge in [-0.1, -0.05) is 39.5 Å². The SMILES string of the molecule is CC(C)CCCCCCC[N+](C)(C)C. The lowest BCUT2D eigenvalue weighted by Crippen LogP contribution is -2.35. The first-order valence-corrected chi connectivity index (χ1v) is 6.22. The van der Waals surface area contributed by atoms with Crippen molar-refractivity contribution >= 4 is 0 Å². The van der Waals surface area contributed by atoms with Crippen LogP contribution in [0.5, 0.6) is 0 Å². The summed E-state index contributed by atoms with van der Waals surface area (Å²) in [5, 5.41) is 0. The normalized spacial score (nSPS) is 12.4. The summed E-state index contributed by atoms with van der Waals surface area (Å²) in [6.45, 7) is 5.96. The molecule has 0 aliphatic heterocycles. The number of unbranched alkanes of at least 4 members (excludes halogenated alkanes) is 4. The Morgan fingerprint density at radius 2 is 1.29 bits per heavy atom. The van der Waals surface area contributed by atoms with E-state index in [1.54, 1.807) is 0 Å². The minimum atomic E-state index is 0.890. The van der Waals surface area contributed by atoms with E-state index in [0.717, 1.165) is 10.4 Å². The molecule has 0 aromatic rings. The van der Waals surface area contributed by atoms with Gasteiger partial charge < -0.3 is 4.48 Å². The van der Waals surface area contributed by atoms with Crippen LogP contribution in [0.25, 0.3) is 0 Å². The summed E-state index contributed by atoms with van der Waals surface area (Å²) in [4.78, 5) is 0. The van der Waals surface area contributed by atoms with Crippen molar-refractivity contribution in [2.45, 2.75) is 52.4 Å². The van der Waals surface area contributed by atoms with Crippen LogP contribution in [0.3, 0.4) is 0 Å². The second-order valence-electron chi connectivity index (χ2n) is 5.96. The fourth-order valence-corrected chi connectivity index (χ4v) is 1.67. The summed E-state index contributed by atoms with van der Waals surface area (Å²) >= 11 is 0. The zero-order chi connectivity index (χ0) is 11.0. The summed E-state index contributed by atoms with van der Waals surface area (Å²) in [6, 6.07) is 0. The van der Waals surface area contributed by atoms with E-state index in [1.165, 1.54) is 45.1 Å².